The van der Waals surface area contributed by atoms with Gasteiger partial charge in [0.05, 0.1) is 18.0 Å². The third-order valence-electron chi connectivity index (χ3n) is 2.85. The maximum absolute atomic E-state index is 13.1. The van der Waals surface area contributed by atoms with Gasteiger partial charge < -0.3 is 9.47 Å². The molecular weight excluding hydrogens is 337 g/mol. The molecule has 5 nitrogen and oxygen atoms in total. The first-order valence-electron chi connectivity index (χ1n) is 6.51. The van der Waals surface area contributed by atoms with Gasteiger partial charge in [0.1, 0.15) is 0 Å². The van der Waals surface area contributed by atoms with Crippen molar-refractivity contribution in [1.29, 1.82) is 0 Å². The van der Waals surface area contributed by atoms with Crippen LogP contribution in [0.15, 0.2) is 24.3 Å². The summed E-state index contributed by atoms with van der Waals surface area (Å²) in [5, 5.41) is 3.94. The maximum atomic E-state index is 13.1. The predicted octanol–water partition coefficient (Wildman–Crippen LogP) is 4.39. The van der Waals surface area contributed by atoms with Gasteiger partial charge in [-0.3, -0.25) is 0 Å². The zero-order valence-electron chi connectivity index (χ0n) is 12.1. The van der Waals surface area contributed by atoms with Gasteiger partial charge in [0.2, 0.25) is 5.69 Å². The highest BCUT2D eigenvalue weighted by molar-refractivity contribution is 6.30. The number of nitrogens with zero attached hydrogens (tertiary/aromatic N) is 2. The molecule has 0 atom stereocenters. The predicted molar refractivity (Wildman–Crippen MR) is 76.0 cm³/mol. The van der Waals surface area contributed by atoms with Crippen LogP contribution in [0.3, 0.4) is 0 Å². The molecule has 0 saturated carbocycles. The molecule has 0 unspecified atom stereocenters. The monoisotopic (exact) mass is 348 g/mol. The second kappa shape index (κ2) is 6.49. The summed E-state index contributed by atoms with van der Waals surface area (Å²) in [4.78, 5) is 11.4. The van der Waals surface area contributed by atoms with Crippen molar-refractivity contribution in [2.75, 3.05) is 6.61 Å². The molecule has 23 heavy (non-hydrogen) atoms. The Kier molecular flexibility index (Phi) is 4.84. The highest BCUT2D eigenvalue weighted by Crippen LogP contribution is 2.38. The zero-order valence-corrected chi connectivity index (χ0v) is 12.9. The van der Waals surface area contributed by atoms with Crippen molar-refractivity contribution in [3.05, 3.63) is 40.7 Å². The fourth-order valence-electron chi connectivity index (χ4n) is 1.86. The van der Waals surface area contributed by atoms with Gasteiger partial charge in [0, 0.05) is 5.02 Å². The van der Waals surface area contributed by atoms with E-state index in [1.165, 1.54) is 38.1 Å². The summed E-state index contributed by atoms with van der Waals surface area (Å²) < 4.78 is 49.6. The van der Waals surface area contributed by atoms with E-state index in [-0.39, 0.29) is 12.3 Å². The van der Waals surface area contributed by atoms with Crippen molar-refractivity contribution in [1.82, 2.24) is 9.78 Å². The van der Waals surface area contributed by atoms with E-state index in [2.05, 4.69) is 14.6 Å². The van der Waals surface area contributed by atoms with Crippen LogP contribution < -0.4 is 4.74 Å². The van der Waals surface area contributed by atoms with Crippen molar-refractivity contribution in [3.8, 4) is 11.4 Å². The number of benzene rings is 1. The minimum Gasteiger partial charge on any atom is -0.434 e. The SMILES string of the molecule is CCOC(=O)Oc1c(C(F)(F)F)nn(-c2ccc(Cl)cc2)c1C. The van der Waals surface area contributed by atoms with Gasteiger partial charge in [-0.1, -0.05) is 11.6 Å². The number of hydrogen-bond acceptors (Lipinski definition) is 4. The highest BCUT2D eigenvalue weighted by atomic mass is 35.5. The first-order chi connectivity index (χ1) is 10.7. The first kappa shape index (κ1) is 17.1. The van der Waals surface area contributed by atoms with E-state index in [9.17, 15) is 18.0 Å². The minimum atomic E-state index is -4.79. The normalized spacial score (nSPS) is 11.4. The molecule has 0 bridgehead atoms. The van der Waals surface area contributed by atoms with Crippen LogP contribution in [0.25, 0.3) is 5.69 Å². The minimum absolute atomic E-state index is 0.00713. The fourth-order valence-corrected chi connectivity index (χ4v) is 1.99. The lowest BCUT2D eigenvalue weighted by Crippen LogP contribution is -2.14. The maximum Gasteiger partial charge on any atom is 0.513 e. The summed E-state index contributed by atoms with van der Waals surface area (Å²) in [6.07, 6.45) is -6.01. The van der Waals surface area contributed by atoms with E-state index >= 15 is 0 Å². The smallest absolute Gasteiger partial charge is 0.434 e. The molecule has 0 radical (unpaired) electrons. The van der Waals surface area contributed by atoms with E-state index in [4.69, 9.17) is 11.6 Å². The lowest BCUT2D eigenvalue weighted by molar-refractivity contribution is -0.142. The van der Waals surface area contributed by atoms with Gasteiger partial charge in [-0.25, -0.2) is 9.48 Å². The number of alkyl halides is 3. The number of carbonyl (C=O) groups excluding carboxylic acids is 1. The fraction of sp³-hybridized carbons (Fsp3) is 0.286. The standard InChI is InChI=1S/C14H12ClF3N2O3/c1-3-22-13(21)23-11-8(2)20(19-12(11)14(16,17)18)10-6-4-9(15)5-7-10/h4-7H,3H2,1-2H3. The molecule has 0 aliphatic carbocycles. The highest BCUT2D eigenvalue weighted by Gasteiger charge is 2.41. The van der Waals surface area contributed by atoms with Crippen LogP contribution in [0.1, 0.15) is 18.3 Å². The van der Waals surface area contributed by atoms with Crippen LogP contribution in [0.4, 0.5) is 18.0 Å². The summed E-state index contributed by atoms with van der Waals surface area (Å²) >= 11 is 5.76. The zero-order chi connectivity index (χ0) is 17.2. The second-order valence-electron chi connectivity index (χ2n) is 4.43. The van der Waals surface area contributed by atoms with Crippen molar-refractivity contribution in [3.63, 3.8) is 0 Å². The van der Waals surface area contributed by atoms with Crippen molar-refractivity contribution in [2.45, 2.75) is 20.0 Å². The van der Waals surface area contributed by atoms with Crippen molar-refractivity contribution >= 4 is 17.8 Å². The van der Waals surface area contributed by atoms with Crippen LogP contribution in [0.5, 0.6) is 5.75 Å². The Balaban J connectivity index is 2.51. The Labute approximate surface area is 134 Å². The van der Waals surface area contributed by atoms with E-state index in [1.807, 2.05) is 0 Å². The third-order valence-corrected chi connectivity index (χ3v) is 3.10. The van der Waals surface area contributed by atoms with Crippen LogP contribution in [-0.4, -0.2) is 22.5 Å². The molecule has 0 spiro atoms. The summed E-state index contributed by atoms with van der Waals surface area (Å²) in [6, 6.07) is 6.02. The van der Waals surface area contributed by atoms with E-state index < -0.39 is 23.8 Å². The quantitative estimate of drug-likeness (QED) is 0.772. The molecule has 0 amide bonds. The van der Waals surface area contributed by atoms with Gasteiger partial charge in [0.15, 0.2) is 5.75 Å². The number of aromatic nitrogens is 2. The summed E-state index contributed by atoms with van der Waals surface area (Å²) in [5.74, 6) is -0.689. The van der Waals surface area contributed by atoms with Crippen LogP contribution in [0, 0.1) is 6.92 Å². The van der Waals surface area contributed by atoms with Crippen LogP contribution in [-0.2, 0) is 10.9 Å². The topological polar surface area (TPSA) is 53.4 Å². The Morgan fingerprint density at radius 1 is 1.30 bits per heavy atom. The molecule has 0 saturated heterocycles. The van der Waals surface area contributed by atoms with E-state index in [1.54, 1.807) is 0 Å². The van der Waals surface area contributed by atoms with Gasteiger partial charge in [0.25, 0.3) is 0 Å². The Hall–Kier alpha value is -2.22. The molecule has 124 valence electrons. The third kappa shape index (κ3) is 3.76. The Morgan fingerprint density at radius 3 is 2.43 bits per heavy atom. The average Bonchev–Trinajstić information content (AvgIpc) is 2.78. The molecule has 0 fully saturated rings. The molecular formula is C14H12ClF3N2O3. The lowest BCUT2D eigenvalue weighted by atomic mass is 10.3. The lowest BCUT2D eigenvalue weighted by Gasteiger charge is -2.07. The van der Waals surface area contributed by atoms with Gasteiger partial charge in [-0.05, 0) is 38.1 Å². The molecule has 2 aromatic rings. The molecule has 1 aromatic heterocycles. The molecule has 1 aromatic carbocycles. The van der Waals surface area contributed by atoms with Gasteiger partial charge in [-0.2, -0.15) is 18.3 Å². The Bertz CT molecular complexity index is 711. The first-order valence-corrected chi connectivity index (χ1v) is 6.89. The molecule has 0 aliphatic heterocycles. The van der Waals surface area contributed by atoms with Crippen molar-refractivity contribution in [2.24, 2.45) is 0 Å². The van der Waals surface area contributed by atoms with Gasteiger partial charge in [-0.15, -0.1) is 0 Å². The van der Waals surface area contributed by atoms with Gasteiger partial charge >= 0.3 is 12.3 Å². The van der Waals surface area contributed by atoms with E-state index in [0.717, 1.165) is 4.68 Å². The van der Waals surface area contributed by atoms with Crippen molar-refractivity contribution < 1.29 is 27.4 Å². The van der Waals surface area contributed by atoms with E-state index in [0.29, 0.717) is 10.7 Å². The molecule has 0 N–H and O–H groups in total. The summed E-state index contributed by atoms with van der Waals surface area (Å²) in [6.45, 7) is 2.84. The molecule has 0 aliphatic rings. The van der Waals surface area contributed by atoms with Crippen LogP contribution in [0.2, 0.25) is 5.02 Å². The Morgan fingerprint density at radius 2 is 1.91 bits per heavy atom. The number of hydrogen-bond donors (Lipinski definition) is 0. The largest absolute Gasteiger partial charge is 0.513 e. The van der Waals surface area contributed by atoms with Crippen LogP contribution >= 0.6 is 11.6 Å². The second-order valence-corrected chi connectivity index (χ2v) is 4.87. The molecule has 2 rings (SSSR count). The molecule has 1 heterocycles. The number of ether oxygens (including phenoxy) is 2. The summed E-state index contributed by atoms with van der Waals surface area (Å²) in [5.41, 5.74) is -0.957. The number of halogens is 4. The number of rotatable bonds is 3. The summed E-state index contributed by atoms with van der Waals surface area (Å²) in [7, 11) is 0. The number of carbonyl (C=O) groups is 1. The molecule has 9 heteroatoms. The average molecular weight is 349 g/mol.